The molecule has 9 nitrogen and oxygen atoms in total. The number of ether oxygens (including phenoxy) is 1. The predicted molar refractivity (Wildman–Crippen MR) is 171 cm³/mol. The second kappa shape index (κ2) is 13.2. The number of primary amides is 1. The van der Waals surface area contributed by atoms with Gasteiger partial charge in [-0.05, 0) is 92.4 Å². The van der Waals surface area contributed by atoms with E-state index in [2.05, 4.69) is 20.6 Å². The number of fused-ring (bicyclic) bond motifs is 1. The molecule has 46 heavy (non-hydrogen) atoms. The fourth-order valence-corrected chi connectivity index (χ4v) is 5.20. The first-order chi connectivity index (χ1) is 21.8. The van der Waals surface area contributed by atoms with Crippen molar-refractivity contribution in [2.45, 2.75) is 45.3 Å². The van der Waals surface area contributed by atoms with Crippen LogP contribution in [0.3, 0.4) is 0 Å². The molecule has 5 N–H and O–H groups in total. The number of carbonyl (C=O) groups excluding carboxylic acids is 3. The lowest BCUT2D eigenvalue weighted by atomic mass is 9.94. The van der Waals surface area contributed by atoms with E-state index in [0.29, 0.717) is 44.6 Å². The van der Waals surface area contributed by atoms with Crippen LogP contribution >= 0.6 is 0 Å². The third-order valence-electron chi connectivity index (χ3n) is 7.09. The summed E-state index contributed by atoms with van der Waals surface area (Å²) in [6.07, 6.45) is 2.63. The number of hydrogen-bond acceptors (Lipinski definition) is 5. The van der Waals surface area contributed by atoms with Crippen molar-refractivity contribution in [1.82, 2.24) is 15.3 Å². The van der Waals surface area contributed by atoms with Crippen LogP contribution in [0.5, 0.6) is 0 Å². The zero-order valence-electron chi connectivity index (χ0n) is 25.5. The maximum Gasteiger partial charge on any atom is 0.412 e. The number of rotatable bonds is 9. The van der Waals surface area contributed by atoms with Crippen LogP contribution in [0, 0.1) is 11.6 Å². The van der Waals surface area contributed by atoms with Gasteiger partial charge in [-0.1, -0.05) is 18.2 Å². The molecule has 2 heterocycles. The Morgan fingerprint density at radius 3 is 2.46 bits per heavy atom. The van der Waals surface area contributed by atoms with Crippen molar-refractivity contribution < 1.29 is 27.9 Å². The van der Waals surface area contributed by atoms with Gasteiger partial charge in [-0.3, -0.25) is 19.9 Å². The van der Waals surface area contributed by atoms with E-state index in [1.165, 1.54) is 12.1 Å². The Kier molecular flexibility index (Phi) is 9.13. The lowest BCUT2D eigenvalue weighted by molar-refractivity contribution is -0.121. The molecule has 0 saturated heterocycles. The topological polar surface area (TPSA) is 139 Å². The van der Waals surface area contributed by atoms with Gasteiger partial charge in [-0.25, -0.2) is 13.6 Å². The minimum absolute atomic E-state index is 0.0256. The first-order valence-corrected chi connectivity index (χ1v) is 14.5. The average Bonchev–Trinajstić information content (AvgIpc) is 3.37. The van der Waals surface area contributed by atoms with Gasteiger partial charge in [0.2, 0.25) is 11.8 Å². The molecule has 0 spiro atoms. The van der Waals surface area contributed by atoms with E-state index in [4.69, 9.17) is 10.5 Å². The SMILES string of the molecule is CC(C)(C)OC(=O)Nc1ccc2[nH]cc(CC(=O)NC(Cc3cc(F)cc(F)c3)c3ncccc3-c3cccc(C(N)=O)c3)c2c1. The number of amides is 3. The fraction of sp³-hybridized carbons (Fsp3) is 0.200. The standard InChI is InChI=1S/C35H33F2N5O4/c1-35(2,3)46-34(45)41-26-9-10-29-28(18-26)23(19-40-29)16-31(43)42-30(14-20-12-24(36)17-25(37)13-20)32-27(8-5-11-39-32)21-6-4-7-22(15-21)33(38)44/h4-13,15,17-19,30,40H,14,16H2,1-3H3,(H2,38,44)(H,41,45)(H,42,43). The summed E-state index contributed by atoms with van der Waals surface area (Å²) in [5, 5.41) is 6.43. The number of nitrogens with one attached hydrogen (secondary N) is 3. The molecule has 0 saturated carbocycles. The molecule has 0 bridgehead atoms. The Bertz CT molecular complexity index is 1910. The summed E-state index contributed by atoms with van der Waals surface area (Å²) in [4.78, 5) is 45.5. The number of anilines is 1. The number of halogens is 2. The molecule has 11 heteroatoms. The normalized spacial score (nSPS) is 12.0. The molecule has 1 unspecified atom stereocenters. The molecule has 0 radical (unpaired) electrons. The third-order valence-corrected chi connectivity index (χ3v) is 7.09. The Hall–Kier alpha value is -5.58. The van der Waals surface area contributed by atoms with Gasteiger partial charge in [0, 0.05) is 46.2 Å². The molecule has 0 fully saturated rings. The molecule has 0 aliphatic rings. The third kappa shape index (κ3) is 7.92. The van der Waals surface area contributed by atoms with Gasteiger partial charge in [-0.2, -0.15) is 0 Å². The molecular weight excluding hydrogens is 592 g/mol. The van der Waals surface area contributed by atoms with Crippen LogP contribution in [0.15, 0.2) is 85.2 Å². The minimum Gasteiger partial charge on any atom is -0.444 e. The summed E-state index contributed by atoms with van der Waals surface area (Å²) in [5.74, 6) is -2.47. The van der Waals surface area contributed by atoms with Gasteiger partial charge >= 0.3 is 6.09 Å². The molecule has 236 valence electrons. The number of aromatic amines is 1. The first kappa shape index (κ1) is 31.8. The number of carbonyl (C=O) groups is 3. The van der Waals surface area contributed by atoms with E-state index in [1.54, 1.807) is 87.8 Å². The number of pyridine rings is 1. The van der Waals surface area contributed by atoms with Crippen molar-refractivity contribution in [3.8, 4) is 11.1 Å². The van der Waals surface area contributed by atoms with E-state index in [-0.39, 0.29) is 18.7 Å². The Morgan fingerprint density at radius 1 is 0.978 bits per heavy atom. The van der Waals surface area contributed by atoms with Crippen LogP contribution in [-0.4, -0.2) is 33.5 Å². The van der Waals surface area contributed by atoms with Gasteiger partial charge in [-0.15, -0.1) is 0 Å². The number of H-pyrrole nitrogens is 1. The van der Waals surface area contributed by atoms with Crippen LogP contribution in [0.25, 0.3) is 22.0 Å². The quantitative estimate of drug-likeness (QED) is 0.146. The second-order valence-electron chi connectivity index (χ2n) is 11.9. The van der Waals surface area contributed by atoms with Crippen LogP contribution in [0.1, 0.15) is 54.0 Å². The van der Waals surface area contributed by atoms with Gasteiger partial charge in [0.15, 0.2) is 0 Å². The van der Waals surface area contributed by atoms with Crippen molar-refractivity contribution in [3.05, 3.63) is 119 Å². The van der Waals surface area contributed by atoms with Crippen molar-refractivity contribution in [1.29, 1.82) is 0 Å². The summed E-state index contributed by atoms with van der Waals surface area (Å²) in [5.41, 5.74) is 9.02. The van der Waals surface area contributed by atoms with E-state index in [9.17, 15) is 23.2 Å². The van der Waals surface area contributed by atoms with Crippen LogP contribution in [0.4, 0.5) is 19.3 Å². The van der Waals surface area contributed by atoms with Crippen LogP contribution < -0.4 is 16.4 Å². The number of hydrogen-bond donors (Lipinski definition) is 4. The summed E-state index contributed by atoms with van der Waals surface area (Å²) >= 11 is 0. The van der Waals surface area contributed by atoms with Gasteiger partial charge < -0.3 is 20.8 Å². The maximum absolute atomic E-state index is 14.2. The Balaban J connectivity index is 1.45. The number of benzene rings is 3. The molecule has 3 aromatic carbocycles. The fourth-order valence-electron chi connectivity index (χ4n) is 5.20. The highest BCUT2D eigenvalue weighted by Crippen LogP contribution is 2.30. The number of aromatic nitrogens is 2. The van der Waals surface area contributed by atoms with E-state index in [1.807, 2.05) is 0 Å². The van der Waals surface area contributed by atoms with Crippen LogP contribution in [0.2, 0.25) is 0 Å². The number of nitrogens with two attached hydrogens (primary N) is 1. The summed E-state index contributed by atoms with van der Waals surface area (Å²) in [6, 6.07) is 17.8. The van der Waals surface area contributed by atoms with Crippen LogP contribution in [-0.2, 0) is 22.4 Å². The van der Waals surface area contributed by atoms with Crippen molar-refractivity contribution >= 4 is 34.5 Å². The van der Waals surface area contributed by atoms with Crippen molar-refractivity contribution in [2.75, 3.05) is 5.32 Å². The second-order valence-corrected chi connectivity index (χ2v) is 11.9. The van der Waals surface area contributed by atoms with E-state index < -0.39 is 35.3 Å². The maximum atomic E-state index is 14.2. The number of nitrogens with zero attached hydrogens (tertiary/aromatic N) is 1. The smallest absolute Gasteiger partial charge is 0.412 e. The molecule has 3 amide bonds. The van der Waals surface area contributed by atoms with Gasteiger partial charge in [0.25, 0.3) is 0 Å². The van der Waals surface area contributed by atoms with E-state index in [0.717, 1.165) is 11.6 Å². The van der Waals surface area contributed by atoms with Gasteiger partial charge in [0.1, 0.15) is 17.2 Å². The zero-order chi connectivity index (χ0) is 33.0. The van der Waals surface area contributed by atoms with Crippen molar-refractivity contribution in [3.63, 3.8) is 0 Å². The largest absolute Gasteiger partial charge is 0.444 e. The van der Waals surface area contributed by atoms with Crippen molar-refractivity contribution in [2.24, 2.45) is 5.73 Å². The summed E-state index contributed by atoms with van der Waals surface area (Å²) in [6.45, 7) is 5.30. The molecule has 1 atom stereocenters. The highest BCUT2D eigenvalue weighted by atomic mass is 19.1. The van der Waals surface area contributed by atoms with Gasteiger partial charge in [0.05, 0.1) is 18.2 Å². The minimum atomic E-state index is -0.809. The molecule has 5 aromatic rings. The monoisotopic (exact) mass is 625 g/mol. The lowest BCUT2D eigenvalue weighted by Gasteiger charge is -2.22. The summed E-state index contributed by atoms with van der Waals surface area (Å²) < 4.78 is 33.7. The lowest BCUT2D eigenvalue weighted by Crippen LogP contribution is -2.32. The first-order valence-electron chi connectivity index (χ1n) is 14.5. The highest BCUT2D eigenvalue weighted by molar-refractivity contribution is 5.95. The Morgan fingerprint density at radius 2 is 1.74 bits per heavy atom. The predicted octanol–water partition coefficient (Wildman–Crippen LogP) is 6.60. The molecule has 2 aromatic heterocycles. The zero-order valence-corrected chi connectivity index (χ0v) is 25.5. The summed E-state index contributed by atoms with van der Waals surface area (Å²) in [7, 11) is 0. The highest BCUT2D eigenvalue weighted by Gasteiger charge is 2.23. The molecule has 0 aliphatic heterocycles. The molecule has 5 rings (SSSR count). The average molecular weight is 626 g/mol. The Labute approximate surface area is 264 Å². The molecule has 0 aliphatic carbocycles. The van der Waals surface area contributed by atoms with E-state index >= 15 is 0 Å². The molecular formula is C35H33F2N5O4.